The lowest BCUT2D eigenvalue weighted by Gasteiger charge is -2.26. The molecule has 226 valence electrons. The number of hydrogen-bond donors (Lipinski definition) is 0. The molecule has 8 rings (SSSR count). The van der Waals surface area contributed by atoms with Crippen molar-refractivity contribution in [2.75, 3.05) is 4.90 Å². The van der Waals surface area contributed by atoms with E-state index in [1.54, 1.807) is 0 Å². The van der Waals surface area contributed by atoms with E-state index in [4.69, 9.17) is 0 Å². The molecular formula is C45H35NS. The molecule has 47 heavy (non-hydrogen) atoms. The van der Waals surface area contributed by atoms with E-state index in [1.165, 1.54) is 65.2 Å². The van der Waals surface area contributed by atoms with Crippen LogP contribution >= 0.6 is 11.3 Å². The number of nitrogens with zero attached hydrogens (tertiary/aromatic N) is 1. The second-order valence-corrected chi connectivity index (χ2v) is 13.1. The van der Waals surface area contributed by atoms with Crippen molar-refractivity contribution in [3.8, 4) is 22.3 Å². The first-order chi connectivity index (χ1) is 23.2. The SMILES string of the molecule is CCC/C=C\c1cc2ccc3ccc4cc(N(c5ccccc5)c5ccc(-c6cccc(-c7ccccc7)c6)cc5)ccc4c3c2s1. The van der Waals surface area contributed by atoms with Gasteiger partial charge in [-0.05, 0) is 105 Å². The molecule has 1 heterocycles. The van der Waals surface area contributed by atoms with Crippen LogP contribution in [0, 0.1) is 0 Å². The molecule has 0 fully saturated rings. The molecule has 0 radical (unpaired) electrons. The van der Waals surface area contributed by atoms with Crippen molar-refractivity contribution in [3.63, 3.8) is 0 Å². The quantitative estimate of drug-likeness (QED) is 0.153. The van der Waals surface area contributed by atoms with Crippen molar-refractivity contribution in [2.45, 2.75) is 19.8 Å². The molecule has 0 atom stereocenters. The maximum Gasteiger partial charge on any atom is 0.0468 e. The van der Waals surface area contributed by atoms with Gasteiger partial charge in [0.15, 0.2) is 0 Å². The molecule has 0 aliphatic rings. The van der Waals surface area contributed by atoms with Crippen molar-refractivity contribution >= 4 is 66.1 Å². The Hall–Kier alpha value is -5.44. The molecule has 0 bridgehead atoms. The number of rotatable bonds is 8. The highest BCUT2D eigenvalue weighted by Crippen LogP contribution is 2.41. The van der Waals surface area contributed by atoms with E-state index in [-0.39, 0.29) is 0 Å². The molecular weight excluding hydrogens is 587 g/mol. The summed E-state index contributed by atoms with van der Waals surface area (Å²) >= 11 is 1.90. The average molecular weight is 622 g/mol. The summed E-state index contributed by atoms with van der Waals surface area (Å²) in [6, 6.07) is 57.4. The minimum absolute atomic E-state index is 1.11. The van der Waals surface area contributed by atoms with Crippen LogP contribution in [0.15, 0.2) is 164 Å². The molecule has 2 heteroatoms. The number of anilines is 3. The zero-order chi connectivity index (χ0) is 31.6. The number of thiophene rings is 1. The van der Waals surface area contributed by atoms with Crippen LogP contribution in [0.5, 0.6) is 0 Å². The summed E-state index contributed by atoms with van der Waals surface area (Å²) in [5.41, 5.74) is 8.28. The summed E-state index contributed by atoms with van der Waals surface area (Å²) < 4.78 is 1.36. The Balaban J connectivity index is 1.19. The second-order valence-electron chi connectivity index (χ2n) is 12.1. The lowest BCUT2D eigenvalue weighted by molar-refractivity contribution is 0.962. The lowest BCUT2D eigenvalue weighted by atomic mass is 9.98. The van der Waals surface area contributed by atoms with Crippen LogP contribution in [0.4, 0.5) is 17.1 Å². The Morgan fingerprint density at radius 1 is 0.511 bits per heavy atom. The number of fused-ring (bicyclic) bond motifs is 5. The maximum absolute atomic E-state index is 2.36. The summed E-state index contributed by atoms with van der Waals surface area (Å²) in [5.74, 6) is 0. The van der Waals surface area contributed by atoms with Gasteiger partial charge in [0.05, 0.1) is 0 Å². The molecule has 1 aromatic heterocycles. The van der Waals surface area contributed by atoms with Crippen LogP contribution in [0.2, 0.25) is 0 Å². The monoisotopic (exact) mass is 621 g/mol. The molecule has 1 nitrogen and oxygen atoms in total. The summed E-state index contributed by atoms with van der Waals surface area (Å²) in [6.45, 7) is 2.23. The van der Waals surface area contributed by atoms with Crippen molar-refractivity contribution in [3.05, 3.63) is 169 Å². The topological polar surface area (TPSA) is 3.24 Å². The number of para-hydroxylation sites is 1. The van der Waals surface area contributed by atoms with Crippen molar-refractivity contribution in [1.29, 1.82) is 0 Å². The Morgan fingerprint density at radius 3 is 1.87 bits per heavy atom. The summed E-state index contributed by atoms with van der Waals surface area (Å²) in [7, 11) is 0. The molecule has 0 saturated carbocycles. The van der Waals surface area contributed by atoms with Crippen molar-refractivity contribution in [2.24, 2.45) is 0 Å². The van der Waals surface area contributed by atoms with Crippen LogP contribution in [-0.2, 0) is 0 Å². The van der Waals surface area contributed by atoms with E-state index in [1.807, 2.05) is 11.3 Å². The van der Waals surface area contributed by atoms with Crippen LogP contribution < -0.4 is 4.90 Å². The standard InChI is InChI=1S/C45H35NS/c1-2-3-6-18-42-31-38-22-20-34-19-21-37-30-41(27-28-43(37)44(34)45(38)47-42)46(39-16-9-5-10-17-39)40-25-23-33(24-26-40)36-15-11-14-35(29-36)32-12-7-4-8-13-32/h4-31H,2-3H2,1H3/b18-6-. The van der Waals surface area contributed by atoms with Gasteiger partial charge in [0.2, 0.25) is 0 Å². The zero-order valence-electron chi connectivity index (χ0n) is 26.4. The van der Waals surface area contributed by atoms with Gasteiger partial charge >= 0.3 is 0 Å². The Labute approximate surface area is 280 Å². The van der Waals surface area contributed by atoms with Crippen molar-refractivity contribution in [1.82, 2.24) is 0 Å². The summed E-state index contributed by atoms with van der Waals surface area (Å²) in [6.07, 6.45) is 6.86. The third-order valence-corrected chi connectivity index (χ3v) is 10.1. The van der Waals surface area contributed by atoms with Gasteiger partial charge in [-0.3, -0.25) is 0 Å². The molecule has 0 unspecified atom stereocenters. The largest absolute Gasteiger partial charge is 0.310 e. The highest BCUT2D eigenvalue weighted by Gasteiger charge is 2.15. The summed E-state index contributed by atoms with van der Waals surface area (Å²) in [4.78, 5) is 3.68. The third-order valence-electron chi connectivity index (χ3n) is 8.92. The molecule has 0 saturated heterocycles. The molecule has 0 N–H and O–H groups in total. The first kappa shape index (κ1) is 29.0. The van der Waals surface area contributed by atoms with E-state index in [2.05, 4.69) is 182 Å². The fraction of sp³-hybridized carbons (Fsp3) is 0.0667. The number of benzene rings is 7. The van der Waals surface area contributed by atoms with Crippen LogP contribution in [0.3, 0.4) is 0 Å². The fourth-order valence-electron chi connectivity index (χ4n) is 6.57. The van der Waals surface area contributed by atoms with Gasteiger partial charge in [-0.25, -0.2) is 0 Å². The van der Waals surface area contributed by atoms with Crippen LogP contribution in [0.1, 0.15) is 24.6 Å². The Kier molecular flexibility index (Phi) is 7.87. The molecule has 0 amide bonds. The first-order valence-electron chi connectivity index (χ1n) is 16.4. The number of hydrogen-bond acceptors (Lipinski definition) is 2. The van der Waals surface area contributed by atoms with Gasteiger partial charge < -0.3 is 4.90 Å². The minimum atomic E-state index is 1.11. The third kappa shape index (κ3) is 5.73. The predicted molar refractivity (Wildman–Crippen MR) is 206 cm³/mol. The molecule has 8 aromatic rings. The normalized spacial score (nSPS) is 11.6. The van der Waals surface area contributed by atoms with Gasteiger partial charge in [-0.2, -0.15) is 0 Å². The van der Waals surface area contributed by atoms with Crippen molar-refractivity contribution < 1.29 is 0 Å². The molecule has 7 aromatic carbocycles. The van der Waals surface area contributed by atoms with Crippen LogP contribution in [-0.4, -0.2) is 0 Å². The van der Waals surface area contributed by atoms with Gasteiger partial charge in [0.1, 0.15) is 0 Å². The van der Waals surface area contributed by atoms with Gasteiger partial charge in [-0.1, -0.05) is 129 Å². The lowest BCUT2D eigenvalue weighted by Crippen LogP contribution is -2.09. The van der Waals surface area contributed by atoms with E-state index in [0.29, 0.717) is 0 Å². The molecule has 0 aliphatic heterocycles. The fourth-order valence-corrected chi connectivity index (χ4v) is 7.73. The smallest absolute Gasteiger partial charge is 0.0468 e. The number of allylic oxidation sites excluding steroid dienone is 1. The van der Waals surface area contributed by atoms with Crippen LogP contribution in [0.25, 0.3) is 60.0 Å². The summed E-state index contributed by atoms with van der Waals surface area (Å²) in [5, 5.41) is 6.49. The second kappa shape index (κ2) is 12.7. The minimum Gasteiger partial charge on any atom is -0.310 e. The predicted octanol–water partition coefficient (Wildman–Crippen LogP) is 13.8. The van der Waals surface area contributed by atoms with E-state index in [0.717, 1.165) is 23.5 Å². The highest BCUT2D eigenvalue weighted by molar-refractivity contribution is 7.21. The molecule has 0 spiro atoms. The first-order valence-corrected chi connectivity index (χ1v) is 17.2. The number of unbranched alkanes of at least 4 members (excludes halogenated alkanes) is 1. The van der Waals surface area contributed by atoms with Gasteiger partial charge in [-0.15, -0.1) is 11.3 Å². The zero-order valence-corrected chi connectivity index (χ0v) is 27.3. The Bertz CT molecular complexity index is 2350. The molecule has 0 aliphatic carbocycles. The average Bonchev–Trinajstić information content (AvgIpc) is 3.56. The van der Waals surface area contributed by atoms with Gasteiger partial charge in [0.25, 0.3) is 0 Å². The maximum atomic E-state index is 2.36. The van der Waals surface area contributed by atoms with E-state index < -0.39 is 0 Å². The van der Waals surface area contributed by atoms with E-state index >= 15 is 0 Å². The van der Waals surface area contributed by atoms with Gasteiger partial charge in [0, 0.05) is 32.0 Å². The van der Waals surface area contributed by atoms with E-state index in [9.17, 15) is 0 Å². The highest BCUT2D eigenvalue weighted by atomic mass is 32.1. The Morgan fingerprint density at radius 2 is 1.13 bits per heavy atom.